The van der Waals surface area contributed by atoms with Crippen LogP contribution in [0.4, 0.5) is 5.82 Å². The molecule has 2 aromatic heterocycles. The Morgan fingerprint density at radius 3 is 2.94 bits per heavy atom. The summed E-state index contributed by atoms with van der Waals surface area (Å²) in [6.45, 7) is 1.31. The lowest BCUT2D eigenvalue weighted by molar-refractivity contribution is -0.121. The van der Waals surface area contributed by atoms with Crippen molar-refractivity contribution in [1.82, 2.24) is 19.9 Å². The molecule has 0 bridgehead atoms. The van der Waals surface area contributed by atoms with E-state index in [1.165, 1.54) is 5.57 Å². The van der Waals surface area contributed by atoms with Gasteiger partial charge in [0, 0.05) is 36.2 Å². The van der Waals surface area contributed by atoms with Crippen molar-refractivity contribution in [3.05, 3.63) is 69.8 Å². The monoisotopic (exact) mass is 513 g/mol. The standard InChI is InChI=1S/C24H25BrClN5O/c25-19-16-29-31-22(15-21(30-24(19)31)18-9-4-5-10-20(18)26)27-13-6-14-28-23(32)12-11-17-7-2-1-3-8-17/h1-2,4-5,7,9-10,15-16,27H,3,6,8,11-14H2,(H,28,32). The lowest BCUT2D eigenvalue weighted by atomic mass is 10.0. The van der Waals surface area contributed by atoms with E-state index in [4.69, 9.17) is 16.6 Å². The highest BCUT2D eigenvalue weighted by molar-refractivity contribution is 9.10. The van der Waals surface area contributed by atoms with Crippen molar-refractivity contribution in [1.29, 1.82) is 0 Å². The average molecular weight is 515 g/mol. The van der Waals surface area contributed by atoms with E-state index in [9.17, 15) is 4.79 Å². The predicted molar refractivity (Wildman–Crippen MR) is 133 cm³/mol. The number of nitrogens with zero attached hydrogens (tertiary/aromatic N) is 3. The molecule has 166 valence electrons. The molecule has 0 fully saturated rings. The first-order valence-corrected chi connectivity index (χ1v) is 11.9. The van der Waals surface area contributed by atoms with Crippen molar-refractivity contribution in [2.24, 2.45) is 0 Å². The number of allylic oxidation sites excluding steroid dienone is 4. The summed E-state index contributed by atoms with van der Waals surface area (Å²) in [5.41, 5.74) is 3.70. The van der Waals surface area contributed by atoms with Crippen LogP contribution < -0.4 is 10.6 Å². The second-order valence-corrected chi connectivity index (χ2v) is 8.92. The topological polar surface area (TPSA) is 71.3 Å². The van der Waals surface area contributed by atoms with Gasteiger partial charge < -0.3 is 10.6 Å². The van der Waals surface area contributed by atoms with E-state index in [-0.39, 0.29) is 5.91 Å². The third-order valence-corrected chi connectivity index (χ3v) is 6.22. The molecule has 0 atom stereocenters. The van der Waals surface area contributed by atoms with E-state index in [0.29, 0.717) is 30.2 Å². The highest BCUT2D eigenvalue weighted by Crippen LogP contribution is 2.30. The Hall–Kier alpha value is -2.64. The number of amides is 1. The number of aromatic nitrogens is 3. The van der Waals surface area contributed by atoms with Crippen LogP contribution in [-0.4, -0.2) is 33.6 Å². The van der Waals surface area contributed by atoms with Gasteiger partial charge in [0.25, 0.3) is 0 Å². The second kappa shape index (κ2) is 10.8. The van der Waals surface area contributed by atoms with Gasteiger partial charge in [0.1, 0.15) is 5.82 Å². The maximum absolute atomic E-state index is 12.1. The molecule has 0 aliphatic heterocycles. The third kappa shape index (κ3) is 5.58. The maximum Gasteiger partial charge on any atom is 0.220 e. The average Bonchev–Trinajstić information content (AvgIpc) is 3.19. The van der Waals surface area contributed by atoms with Crippen LogP contribution in [0.3, 0.4) is 0 Å². The number of rotatable bonds is 9. The Labute approximate surface area is 200 Å². The summed E-state index contributed by atoms with van der Waals surface area (Å²) >= 11 is 9.90. The molecule has 32 heavy (non-hydrogen) atoms. The van der Waals surface area contributed by atoms with Gasteiger partial charge in [0.05, 0.1) is 16.4 Å². The summed E-state index contributed by atoms with van der Waals surface area (Å²) in [6, 6.07) is 9.58. The number of benzene rings is 1. The van der Waals surface area contributed by atoms with E-state index in [2.05, 4.69) is 49.9 Å². The Balaban J connectivity index is 1.33. The van der Waals surface area contributed by atoms with Crippen LogP contribution >= 0.6 is 27.5 Å². The molecule has 1 amide bonds. The van der Waals surface area contributed by atoms with E-state index >= 15 is 0 Å². The van der Waals surface area contributed by atoms with Gasteiger partial charge in [0.2, 0.25) is 5.91 Å². The largest absolute Gasteiger partial charge is 0.370 e. The molecule has 3 aromatic rings. The van der Waals surface area contributed by atoms with Crippen molar-refractivity contribution >= 4 is 44.9 Å². The van der Waals surface area contributed by atoms with Crippen LogP contribution in [0, 0.1) is 0 Å². The van der Waals surface area contributed by atoms with Crippen LogP contribution in [-0.2, 0) is 4.79 Å². The fraction of sp³-hybridized carbons (Fsp3) is 0.292. The van der Waals surface area contributed by atoms with Crippen molar-refractivity contribution in [2.45, 2.75) is 32.1 Å². The number of anilines is 1. The molecule has 2 heterocycles. The second-order valence-electron chi connectivity index (χ2n) is 7.66. The molecule has 0 spiro atoms. The Morgan fingerprint density at radius 2 is 2.12 bits per heavy atom. The molecule has 4 rings (SSSR count). The van der Waals surface area contributed by atoms with E-state index in [0.717, 1.165) is 47.2 Å². The van der Waals surface area contributed by atoms with Gasteiger partial charge in [-0.2, -0.15) is 9.61 Å². The van der Waals surface area contributed by atoms with Gasteiger partial charge in [-0.3, -0.25) is 4.79 Å². The molecule has 0 saturated heterocycles. The normalized spacial score (nSPS) is 13.2. The lowest BCUT2D eigenvalue weighted by Crippen LogP contribution is -2.25. The molecule has 0 saturated carbocycles. The Morgan fingerprint density at radius 1 is 1.25 bits per heavy atom. The smallest absolute Gasteiger partial charge is 0.220 e. The summed E-state index contributed by atoms with van der Waals surface area (Å²) in [6.07, 6.45) is 12.4. The van der Waals surface area contributed by atoms with Gasteiger partial charge in [-0.05, 0) is 47.7 Å². The van der Waals surface area contributed by atoms with E-state index in [1.807, 2.05) is 30.3 Å². The number of nitrogens with one attached hydrogen (secondary N) is 2. The highest BCUT2D eigenvalue weighted by Gasteiger charge is 2.13. The molecule has 1 aliphatic rings. The van der Waals surface area contributed by atoms with Gasteiger partial charge in [-0.15, -0.1) is 0 Å². The molecule has 2 N–H and O–H groups in total. The van der Waals surface area contributed by atoms with E-state index in [1.54, 1.807) is 10.7 Å². The van der Waals surface area contributed by atoms with Crippen molar-refractivity contribution in [3.63, 3.8) is 0 Å². The predicted octanol–water partition coefficient (Wildman–Crippen LogP) is 5.79. The summed E-state index contributed by atoms with van der Waals surface area (Å²) < 4.78 is 2.57. The van der Waals surface area contributed by atoms with Gasteiger partial charge >= 0.3 is 0 Å². The SMILES string of the molecule is O=C(CCC1=CC=CCC1)NCCCNc1cc(-c2ccccc2Cl)nc2c(Br)cnn12. The fourth-order valence-electron chi connectivity index (χ4n) is 3.62. The van der Waals surface area contributed by atoms with Crippen LogP contribution in [0.5, 0.6) is 0 Å². The Kier molecular flexibility index (Phi) is 7.60. The summed E-state index contributed by atoms with van der Waals surface area (Å²) in [7, 11) is 0. The zero-order valence-corrected chi connectivity index (χ0v) is 20.0. The first kappa shape index (κ1) is 22.6. The number of carbonyl (C=O) groups excluding carboxylic acids is 1. The summed E-state index contributed by atoms with van der Waals surface area (Å²) in [4.78, 5) is 16.8. The molecule has 1 aromatic carbocycles. The highest BCUT2D eigenvalue weighted by atomic mass is 79.9. The van der Waals surface area contributed by atoms with Gasteiger partial charge in [-0.25, -0.2) is 4.98 Å². The van der Waals surface area contributed by atoms with Crippen molar-refractivity contribution in [2.75, 3.05) is 18.4 Å². The Bertz CT molecular complexity index is 1170. The maximum atomic E-state index is 12.1. The minimum Gasteiger partial charge on any atom is -0.370 e. The first-order chi connectivity index (χ1) is 15.6. The third-order valence-electron chi connectivity index (χ3n) is 5.33. The number of hydrogen-bond acceptors (Lipinski definition) is 4. The molecule has 0 unspecified atom stereocenters. The van der Waals surface area contributed by atoms with Crippen LogP contribution in [0.1, 0.15) is 32.1 Å². The first-order valence-electron chi connectivity index (χ1n) is 10.8. The van der Waals surface area contributed by atoms with Crippen LogP contribution in [0.15, 0.2) is 64.8 Å². The number of hydrogen-bond donors (Lipinski definition) is 2. The van der Waals surface area contributed by atoms with Crippen LogP contribution in [0.25, 0.3) is 16.9 Å². The number of carbonyl (C=O) groups is 1. The molecular weight excluding hydrogens is 490 g/mol. The quantitative estimate of drug-likeness (QED) is 0.355. The van der Waals surface area contributed by atoms with E-state index < -0.39 is 0 Å². The summed E-state index contributed by atoms with van der Waals surface area (Å²) in [5.74, 6) is 0.919. The fourth-order valence-corrected chi connectivity index (χ4v) is 4.21. The molecular formula is C24H25BrClN5O. The van der Waals surface area contributed by atoms with Gasteiger partial charge in [-0.1, -0.05) is 53.6 Å². The molecule has 8 heteroatoms. The number of fused-ring (bicyclic) bond motifs is 1. The zero-order chi connectivity index (χ0) is 22.3. The molecule has 6 nitrogen and oxygen atoms in total. The van der Waals surface area contributed by atoms with Crippen molar-refractivity contribution < 1.29 is 4.79 Å². The van der Waals surface area contributed by atoms with Gasteiger partial charge in [0.15, 0.2) is 5.65 Å². The molecule has 1 aliphatic carbocycles. The minimum atomic E-state index is 0.101. The molecule has 0 radical (unpaired) electrons. The van der Waals surface area contributed by atoms with Crippen LogP contribution in [0.2, 0.25) is 5.02 Å². The minimum absolute atomic E-state index is 0.101. The summed E-state index contributed by atoms with van der Waals surface area (Å²) in [5, 5.41) is 11.5. The lowest BCUT2D eigenvalue weighted by Gasteiger charge is -2.12. The number of halogens is 2. The zero-order valence-electron chi connectivity index (χ0n) is 17.7. The van der Waals surface area contributed by atoms with Crippen molar-refractivity contribution in [3.8, 4) is 11.3 Å².